The number of rotatable bonds is 3. The van der Waals surface area contributed by atoms with Gasteiger partial charge in [0.25, 0.3) is 0 Å². The van der Waals surface area contributed by atoms with Crippen molar-refractivity contribution < 1.29 is 9.53 Å². The lowest BCUT2D eigenvalue weighted by Crippen LogP contribution is -2.43. The molecule has 5 rings (SSSR count). The lowest BCUT2D eigenvalue weighted by Gasteiger charge is -2.33. The first-order valence-electron chi connectivity index (χ1n) is 9.60. The van der Waals surface area contributed by atoms with Crippen molar-refractivity contribution in [1.29, 1.82) is 0 Å². The van der Waals surface area contributed by atoms with E-state index in [1.807, 2.05) is 35.2 Å². The van der Waals surface area contributed by atoms with Crippen LogP contribution in [0.25, 0.3) is 5.57 Å². The Hall–Kier alpha value is -2.55. The van der Waals surface area contributed by atoms with E-state index in [0.717, 1.165) is 24.8 Å². The molecule has 3 aliphatic rings. The first kappa shape index (κ1) is 15.7. The monoisotopic (exact) mass is 345 g/mol. The minimum Gasteiger partial charge on any atom is -0.445 e. The van der Waals surface area contributed by atoms with Gasteiger partial charge < -0.3 is 4.74 Å². The van der Waals surface area contributed by atoms with E-state index in [0.29, 0.717) is 6.61 Å². The van der Waals surface area contributed by atoms with Gasteiger partial charge >= 0.3 is 6.09 Å². The van der Waals surface area contributed by atoms with Crippen molar-refractivity contribution in [3.05, 3.63) is 76.9 Å². The third-order valence-corrected chi connectivity index (χ3v) is 6.05. The Morgan fingerprint density at radius 1 is 1.04 bits per heavy atom. The summed E-state index contributed by atoms with van der Waals surface area (Å²) < 4.78 is 5.59. The van der Waals surface area contributed by atoms with Crippen molar-refractivity contribution in [3.8, 4) is 0 Å². The Balaban J connectivity index is 1.30. The summed E-state index contributed by atoms with van der Waals surface area (Å²) in [5, 5.41) is 0. The maximum absolute atomic E-state index is 12.7. The minimum atomic E-state index is -0.172. The Kier molecular flexibility index (Phi) is 3.81. The van der Waals surface area contributed by atoms with E-state index in [2.05, 4.69) is 24.3 Å². The molecule has 0 radical (unpaired) electrons. The smallest absolute Gasteiger partial charge is 0.410 e. The van der Waals surface area contributed by atoms with Crippen LogP contribution in [0.5, 0.6) is 0 Å². The molecule has 0 spiro atoms. The average Bonchev–Trinajstić information content (AvgIpc) is 2.91. The summed E-state index contributed by atoms with van der Waals surface area (Å²) in [5.41, 5.74) is 6.78. The number of amides is 1. The summed E-state index contributed by atoms with van der Waals surface area (Å²) >= 11 is 0. The van der Waals surface area contributed by atoms with Crippen LogP contribution in [0.4, 0.5) is 4.79 Å². The van der Waals surface area contributed by atoms with Gasteiger partial charge in [-0.05, 0) is 59.9 Å². The number of aryl methyl sites for hydroxylation is 2. The molecule has 3 heteroatoms. The zero-order valence-corrected chi connectivity index (χ0v) is 14.9. The van der Waals surface area contributed by atoms with Crippen molar-refractivity contribution in [2.75, 3.05) is 0 Å². The topological polar surface area (TPSA) is 29.5 Å². The highest BCUT2D eigenvalue weighted by atomic mass is 16.6. The maximum Gasteiger partial charge on any atom is 0.410 e. The Morgan fingerprint density at radius 3 is 2.62 bits per heavy atom. The van der Waals surface area contributed by atoms with Crippen LogP contribution < -0.4 is 0 Å². The molecular weight excluding hydrogens is 322 g/mol. The predicted octanol–water partition coefficient (Wildman–Crippen LogP) is 4.74. The maximum atomic E-state index is 12.7. The molecule has 26 heavy (non-hydrogen) atoms. The third kappa shape index (κ3) is 2.72. The number of ether oxygens (including phenoxy) is 1. The first-order valence-corrected chi connectivity index (χ1v) is 9.60. The molecule has 0 aromatic heterocycles. The quantitative estimate of drug-likeness (QED) is 0.804. The summed E-state index contributed by atoms with van der Waals surface area (Å²) in [7, 11) is 0. The fourth-order valence-electron chi connectivity index (χ4n) is 4.52. The van der Waals surface area contributed by atoms with Crippen LogP contribution in [0.1, 0.15) is 41.5 Å². The second kappa shape index (κ2) is 6.31. The molecule has 1 saturated heterocycles. The van der Waals surface area contributed by atoms with Crippen molar-refractivity contribution in [1.82, 2.24) is 4.90 Å². The zero-order valence-electron chi connectivity index (χ0n) is 14.9. The van der Waals surface area contributed by atoms with Gasteiger partial charge in [-0.2, -0.15) is 0 Å². The highest BCUT2D eigenvalue weighted by Gasteiger charge is 2.40. The lowest BCUT2D eigenvalue weighted by molar-refractivity contribution is 0.0832. The number of nitrogens with zero attached hydrogens (tertiary/aromatic N) is 1. The van der Waals surface area contributed by atoms with E-state index in [9.17, 15) is 4.79 Å². The Labute approximate surface area is 154 Å². The van der Waals surface area contributed by atoms with E-state index >= 15 is 0 Å². The van der Waals surface area contributed by atoms with Crippen molar-refractivity contribution >= 4 is 11.7 Å². The summed E-state index contributed by atoms with van der Waals surface area (Å²) in [5.74, 6) is 0. The van der Waals surface area contributed by atoms with Crippen LogP contribution in [0.2, 0.25) is 0 Å². The molecule has 0 N–H and O–H groups in total. The van der Waals surface area contributed by atoms with E-state index in [1.165, 1.54) is 35.1 Å². The molecule has 2 aromatic carbocycles. The molecule has 1 fully saturated rings. The van der Waals surface area contributed by atoms with Gasteiger partial charge in [-0.3, -0.25) is 4.90 Å². The van der Waals surface area contributed by atoms with E-state index in [-0.39, 0.29) is 18.2 Å². The minimum absolute atomic E-state index is 0.172. The molecular formula is C23H23NO2. The number of carbonyl (C=O) groups is 1. The van der Waals surface area contributed by atoms with Crippen LogP contribution in [0.3, 0.4) is 0 Å². The Morgan fingerprint density at radius 2 is 1.88 bits per heavy atom. The van der Waals surface area contributed by atoms with Gasteiger partial charge in [0.1, 0.15) is 6.61 Å². The molecule has 2 aromatic rings. The number of hydrogen-bond acceptors (Lipinski definition) is 2. The van der Waals surface area contributed by atoms with Crippen LogP contribution in [0, 0.1) is 0 Å². The molecule has 2 atom stereocenters. The van der Waals surface area contributed by atoms with E-state index < -0.39 is 0 Å². The fourth-order valence-corrected chi connectivity index (χ4v) is 4.52. The molecule has 2 heterocycles. The summed E-state index contributed by atoms with van der Waals surface area (Å²) in [6.45, 7) is 0.344. The molecule has 1 amide bonds. The fraction of sp³-hybridized carbons (Fsp3) is 0.348. The molecule has 132 valence electrons. The Bertz CT molecular complexity index is 871. The van der Waals surface area contributed by atoms with Crippen LogP contribution in [-0.4, -0.2) is 23.1 Å². The molecule has 1 aliphatic carbocycles. The average molecular weight is 345 g/mol. The second-order valence-electron chi connectivity index (χ2n) is 7.63. The van der Waals surface area contributed by atoms with Gasteiger partial charge in [0, 0.05) is 6.04 Å². The van der Waals surface area contributed by atoms with Gasteiger partial charge in [-0.15, -0.1) is 0 Å². The SMILES string of the molecule is O=C(OCc1ccccc1)N1C2C=C(c3ccc4c(c3)CC4)CC1CC2. The van der Waals surface area contributed by atoms with Gasteiger partial charge in [0.15, 0.2) is 0 Å². The van der Waals surface area contributed by atoms with Crippen LogP contribution in [0.15, 0.2) is 54.6 Å². The molecule has 0 saturated carbocycles. The van der Waals surface area contributed by atoms with Crippen LogP contribution >= 0.6 is 0 Å². The highest BCUT2D eigenvalue weighted by Crippen LogP contribution is 2.40. The summed E-state index contributed by atoms with van der Waals surface area (Å²) in [6.07, 6.45) is 7.61. The lowest BCUT2D eigenvalue weighted by atomic mass is 9.84. The van der Waals surface area contributed by atoms with E-state index in [1.54, 1.807) is 0 Å². The number of carbonyl (C=O) groups excluding carboxylic acids is 1. The number of hydrogen-bond donors (Lipinski definition) is 0. The van der Waals surface area contributed by atoms with Crippen molar-refractivity contribution in [2.24, 2.45) is 0 Å². The number of benzene rings is 2. The van der Waals surface area contributed by atoms with Crippen LogP contribution in [-0.2, 0) is 24.2 Å². The molecule has 2 aliphatic heterocycles. The zero-order chi connectivity index (χ0) is 17.5. The van der Waals surface area contributed by atoms with Crippen molar-refractivity contribution in [3.63, 3.8) is 0 Å². The number of fused-ring (bicyclic) bond motifs is 3. The first-order chi connectivity index (χ1) is 12.8. The van der Waals surface area contributed by atoms with Gasteiger partial charge in [0.2, 0.25) is 0 Å². The summed E-state index contributed by atoms with van der Waals surface area (Å²) in [4.78, 5) is 14.6. The van der Waals surface area contributed by atoms with Gasteiger partial charge in [0.05, 0.1) is 6.04 Å². The third-order valence-electron chi connectivity index (χ3n) is 6.05. The highest BCUT2D eigenvalue weighted by molar-refractivity contribution is 5.75. The predicted molar refractivity (Wildman–Crippen MR) is 102 cm³/mol. The van der Waals surface area contributed by atoms with Crippen molar-refractivity contribution in [2.45, 2.75) is 50.8 Å². The van der Waals surface area contributed by atoms with Gasteiger partial charge in [-0.1, -0.05) is 54.6 Å². The molecule has 2 unspecified atom stereocenters. The van der Waals surface area contributed by atoms with Gasteiger partial charge in [-0.25, -0.2) is 4.79 Å². The largest absolute Gasteiger partial charge is 0.445 e. The van der Waals surface area contributed by atoms with E-state index in [4.69, 9.17) is 4.74 Å². The molecule has 3 nitrogen and oxygen atoms in total. The normalized spacial score (nSPS) is 23.1. The summed E-state index contributed by atoms with van der Waals surface area (Å²) in [6, 6.07) is 17.2. The standard InChI is InChI=1S/C23H23NO2/c25-23(26-15-16-4-2-1-3-5-16)24-21-10-11-22(24)14-20(13-21)19-9-7-17-6-8-18(17)12-19/h1-5,7,9,12-13,21-22H,6,8,10-11,14-15H2. The second-order valence-corrected chi connectivity index (χ2v) is 7.63. The molecule has 2 bridgehead atoms.